The predicted molar refractivity (Wildman–Crippen MR) is 89.3 cm³/mol. The number of hydrogen-bond acceptors (Lipinski definition) is 2. The maximum absolute atomic E-state index is 6.19. The molecule has 0 fully saturated rings. The van der Waals surface area contributed by atoms with Gasteiger partial charge in [-0.3, -0.25) is 0 Å². The fourth-order valence-corrected chi connectivity index (χ4v) is 4.64. The van der Waals surface area contributed by atoms with Gasteiger partial charge in [0, 0.05) is 10.6 Å². The van der Waals surface area contributed by atoms with E-state index < -0.39 is 0 Å². The van der Waals surface area contributed by atoms with Crippen LogP contribution in [0.15, 0.2) is 18.2 Å². The third kappa shape index (κ3) is 2.59. The highest BCUT2D eigenvalue weighted by Crippen LogP contribution is 2.40. The lowest BCUT2D eigenvalue weighted by atomic mass is 9.93. The number of thiophene rings is 1. The highest BCUT2D eigenvalue weighted by molar-refractivity contribution is 7.16. The molecule has 0 saturated heterocycles. The highest BCUT2D eigenvalue weighted by atomic mass is 35.5. The van der Waals surface area contributed by atoms with E-state index in [0.717, 1.165) is 4.34 Å². The molecule has 106 valence electrons. The van der Waals surface area contributed by atoms with Crippen LogP contribution in [0.3, 0.4) is 0 Å². The van der Waals surface area contributed by atoms with Crippen LogP contribution >= 0.6 is 22.9 Å². The van der Waals surface area contributed by atoms with E-state index in [2.05, 4.69) is 44.3 Å². The average Bonchev–Trinajstić information content (AvgIpc) is 2.74. The van der Waals surface area contributed by atoms with E-state index in [4.69, 9.17) is 11.6 Å². The number of aryl methyl sites for hydroxylation is 4. The van der Waals surface area contributed by atoms with Crippen LogP contribution in [0, 0.1) is 20.8 Å². The molecule has 2 aromatic rings. The van der Waals surface area contributed by atoms with Crippen LogP contribution in [0.5, 0.6) is 0 Å². The molecule has 1 unspecified atom stereocenters. The Morgan fingerprint density at radius 3 is 2.55 bits per heavy atom. The summed E-state index contributed by atoms with van der Waals surface area (Å²) < 4.78 is 0.918. The quantitative estimate of drug-likeness (QED) is 0.737. The Morgan fingerprint density at radius 2 is 1.85 bits per heavy atom. The van der Waals surface area contributed by atoms with E-state index in [-0.39, 0.29) is 0 Å². The molecular formula is C17H20ClNS. The number of rotatable bonds is 2. The predicted octanol–water partition coefficient (Wildman–Crippen LogP) is 5.82. The average molecular weight is 306 g/mol. The van der Waals surface area contributed by atoms with E-state index in [1.165, 1.54) is 52.1 Å². The van der Waals surface area contributed by atoms with Crippen LogP contribution in [0.1, 0.15) is 46.0 Å². The summed E-state index contributed by atoms with van der Waals surface area (Å²) >= 11 is 7.93. The summed E-state index contributed by atoms with van der Waals surface area (Å²) in [6, 6.07) is 7.05. The van der Waals surface area contributed by atoms with Crippen molar-refractivity contribution >= 4 is 28.6 Å². The Balaban J connectivity index is 1.93. The molecule has 3 rings (SSSR count). The Hall–Kier alpha value is -0.990. The largest absolute Gasteiger partial charge is 0.378 e. The van der Waals surface area contributed by atoms with Crippen molar-refractivity contribution in [3.05, 3.63) is 49.7 Å². The van der Waals surface area contributed by atoms with Gasteiger partial charge in [0.25, 0.3) is 0 Å². The maximum atomic E-state index is 6.19. The van der Waals surface area contributed by atoms with E-state index in [9.17, 15) is 0 Å². The second-order valence-electron chi connectivity index (χ2n) is 5.79. The molecule has 0 aliphatic heterocycles. The lowest BCUT2D eigenvalue weighted by molar-refractivity contribution is 0.608. The molecule has 0 amide bonds. The summed E-state index contributed by atoms with van der Waals surface area (Å²) in [6.45, 7) is 6.53. The van der Waals surface area contributed by atoms with Crippen LogP contribution in [0.2, 0.25) is 4.34 Å². The van der Waals surface area contributed by atoms with Gasteiger partial charge in [0.1, 0.15) is 0 Å². The first-order chi connectivity index (χ1) is 9.54. The lowest BCUT2D eigenvalue weighted by Crippen LogP contribution is -2.16. The van der Waals surface area contributed by atoms with E-state index in [0.29, 0.717) is 6.04 Å². The summed E-state index contributed by atoms with van der Waals surface area (Å²) in [5.74, 6) is 0. The molecule has 0 saturated carbocycles. The number of halogens is 1. The van der Waals surface area contributed by atoms with Crippen LogP contribution in [-0.4, -0.2) is 0 Å². The molecule has 0 bridgehead atoms. The van der Waals surface area contributed by atoms with Gasteiger partial charge in [-0.25, -0.2) is 0 Å². The van der Waals surface area contributed by atoms with E-state index in [1.54, 1.807) is 11.3 Å². The smallest absolute Gasteiger partial charge is 0.0934 e. The van der Waals surface area contributed by atoms with Gasteiger partial charge in [-0.1, -0.05) is 29.3 Å². The van der Waals surface area contributed by atoms with Gasteiger partial charge in [-0.05, 0) is 62.8 Å². The van der Waals surface area contributed by atoms with Crippen molar-refractivity contribution in [3.63, 3.8) is 0 Å². The topological polar surface area (TPSA) is 12.0 Å². The number of benzene rings is 1. The maximum Gasteiger partial charge on any atom is 0.0934 e. The Labute approximate surface area is 130 Å². The van der Waals surface area contributed by atoms with Gasteiger partial charge in [-0.2, -0.15) is 0 Å². The highest BCUT2D eigenvalue weighted by Gasteiger charge is 2.23. The third-order valence-electron chi connectivity index (χ3n) is 4.08. The van der Waals surface area contributed by atoms with Crippen LogP contribution in [-0.2, 0) is 6.42 Å². The van der Waals surface area contributed by atoms with Crippen LogP contribution < -0.4 is 5.32 Å². The first-order valence-electron chi connectivity index (χ1n) is 7.17. The minimum absolute atomic E-state index is 0.405. The van der Waals surface area contributed by atoms with Crippen molar-refractivity contribution in [2.24, 2.45) is 0 Å². The zero-order valence-electron chi connectivity index (χ0n) is 12.2. The second kappa shape index (κ2) is 5.42. The van der Waals surface area contributed by atoms with Crippen molar-refractivity contribution < 1.29 is 0 Å². The minimum atomic E-state index is 0.405. The molecule has 1 aromatic heterocycles. The number of nitrogens with one attached hydrogen (secondary N) is 1. The normalized spacial score (nSPS) is 17.9. The molecule has 3 heteroatoms. The second-order valence-corrected chi connectivity index (χ2v) is 7.56. The summed E-state index contributed by atoms with van der Waals surface area (Å²) in [5, 5.41) is 3.76. The van der Waals surface area contributed by atoms with Crippen LogP contribution in [0.25, 0.3) is 0 Å². The molecule has 1 aromatic carbocycles. The van der Waals surface area contributed by atoms with Gasteiger partial charge < -0.3 is 5.32 Å². The van der Waals surface area contributed by atoms with Gasteiger partial charge >= 0.3 is 0 Å². The van der Waals surface area contributed by atoms with Crippen molar-refractivity contribution in [3.8, 4) is 0 Å². The molecule has 0 radical (unpaired) electrons. The van der Waals surface area contributed by atoms with Gasteiger partial charge in [0.05, 0.1) is 10.4 Å². The molecule has 1 nitrogen and oxygen atoms in total. The molecule has 1 aliphatic carbocycles. The third-order valence-corrected chi connectivity index (χ3v) is 5.42. The standard InChI is InChI=1S/C17H20ClNS/c1-10-7-11(2)17(12(3)8-10)19-14-5-4-6-15-13(14)9-16(18)20-15/h7-9,14,19H,4-6H2,1-3H3. The minimum Gasteiger partial charge on any atom is -0.378 e. The van der Waals surface area contributed by atoms with E-state index >= 15 is 0 Å². The number of anilines is 1. The van der Waals surface area contributed by atoms with Crippen molar-refractivity contribution in [1.29, 1.82) is 0 Å². The molecule has 1 atom stereocenters. The fraction of sp³-hybridized carbons (Fsp3) is 0.412. The Morgan fingerprint density at radius 1 is 1.15 bits per heavy atom. The molecule has 20 heavy (non-hydrogen) atoms. The summed E-state index contributed by atoms with van der Waals surface area (Å²) in [7, 11) is 0. The summed E-state index contributed by atoms with van der Waals surface area (Å²) in [5.41, 5.74) is 6.68. The fourth-order valence-electron chi connectivity index (χ4n) is 3.25. The summed E-state index contributed by atoms with van der Waals surface area (Å²) in [6.07, 6.45) is 3.61. The Bertz CT molecular complexity index is 621. The monoisotopic (exact) mass is 305 g/mol. The molecule has 1 aliphatic rings. The van der Waals surface area contributed by atoms with Gasteiger partial charge in [0.2, 0.25) is 0 Å². The van der Waals surface area contributed by atoms with E-state index in [1.807, 2.05) is 0 Å². The first kappa shape index (κ1) is 14.0. The van der Waals surface area contributed by atoms with Crippen LogP contribution in [0.4, 0.5) is 5.69 Å². The lowest BCUT2D eigenvalue weighted by Gasteiger charge is -2.26. The first-order valence-corrected chi connectivity index (χ1v) is 8.36. The Kier molecular flexibility index (Phi) is 3.78. The van der Waals surface area contributed by atoms with Crippen molar-refractivity contribution in [2.75, 3.05) is 5.32 Å². The molecule has 1 N–H and O–H groups in total. The molecule has 1 heterocycles. The molecule has 0 spiro atoms. The SMILES string of the molecule is Cc1cc(C)c(NC2CCCc3sc(Cl)cc32)c(C)c1. The summed E-state index contributed by atoms with van der Waals surface area (Å²) in [4.78, 5) is 1.46. The zero-order chi connectivity index (χ0) is 14.3. The zero-order valence-corrected chi connectivity index (χ0v) is 13.8. The van der Waals surface area contributed by atoms with Gasteiger partial charge in [0.15, 0.2) is 0 Å². The number of fused-ring (bicyclic) bond motifs is 1. The molecular weight excluding hydrogens is 286 g/mol. The van der Waals surface area contributed by atoms with Gasteiger partial charge in [-0.15, -0.1) is 11.3 Å². The number of hydrogen-bond donors (Lipinski definition) is 1. The van der Waals surface area contributed by atoms with Crippen molar-refractivity contribution in [1.82, 2.24) is 0 Å². The van der Waals surface area contributed by atoms with Crippen molar-refractivity contribution in [2.45, 2.75) is 46.1 Å².